The van der Waals surface area contributed by atoms with Gasteiger partial charge in [0, 0.05) is 24.8 Å². The van der Waals surface area contributed by atoms with Gasteiger partial charge in [-0.15, -0.1) is 0 Å². The molecule has 4 rings (SSSR count). The molecule has 1 aromatic heterocycles. The van der Waals surface area contributed by atoms with Crippen molar-refractivity contribution in [2.75, 3.05) is 23.7 Å². The molecule has 0 radical (unpaired) electrons. The molecular formula is C25H28ClN5O3. The molecule has 1 amide bonds. The Labute approximate surface area is 204 Å². The van der Waals surface area contributed by atoms with E-state index in [2.05, 4.69) is 20.6 Å². The zero-order valence-electron chi connectivity index (χ0n) is 19.4. The van der Waals surface area contributed by atoms with Crippen molar-refractivity contribution < 1.29 is 14.3 Å². The predicted octanol–water partition coefficient (Wildman–Crippen LogP) is 6.09. The van der Waals surface area contributed by atoms with E-state index in [0.29, 0.717) is 29.7 Å². The number of carbonyl (C=O) groups is 1. The largest absolute Gasteiger partial charge is 0.457 e. The molecule has 1 saturated heterocycles. The number of amides is 1. The van der Waals surface area contributed by atoms with Crippen molar-refractivity contribution in [1.82, 2.24) is 14.9 Å². The van der Waals surface area contributed by atoms with E-state index in [9.17, 15) is 4.79 Å². The van der Waals surface area contributed by atoms with Crippen LogP contribution in [0, 0.1) is 0 Å². The number of halogens is 1. The van der Waals surface area contributed by atoms with Gasteiger partial charge in [0.2, 0.25) is 0 Å². The van der Waals surface area contributed by atoms with Crippen molar-refractivity contribution >= 4 is 34.9 Å². The Hall–Kier alpha value is -3.52. The van der Waals surface area contributed by atoms with Gasteiger partial charge in [-0.2, -0.15) is 0 Å². The first-order chi connectivity index (χ1) is 16.3. The smallest absolute Gasteiger partial charge is 0.410 e. The van der Waals surface area contributed by atoms with Crippen molar-refractivity contribution in [3.63, 3.8) is 0 Å². The lowest BCUT2D eigenvalue weighted by Crippen LogP contribution is -2.36. The van der Waals surface area contributed by atoms with E-state index in [4.69, 9.17) is 21.1 Å². The minimum Gasteiger partial charge on any atom is -0.457 e. The van der Waals surface area contributed by atoms with Gasteiger partial charge in [-0.1, -0.05) is 29.8 Å². The molecule has 1 aliphatic heterocycles. The van der Waals surface area contributed by atoms with Crippen LogP contribution in [0.25, 0.3) is 0 Å². The molecule has 3 aromatic rings. The number of aromatic nitrogens is 2. The summed E-state index contributed by atoms with van der Waals surface area (Å²) in [6, 6.07) is 17.1. The second-order valence-corrected chi connectivity index (χ2v) is 9.37. The third kappa shape index (κ3) is 6.29. The Bertz CT molecular complexity index is 1120. The monoisotopic (exact) mass is 481 g/mol. The van der Waals surface area contributed by atoms with Crippen molar-refractivity contribution in [2.45, 2.75) is 38.8 Å². The van der Waals surface area contributed by atoms with Gasteiger partial charge in [-0.25, -0.2) is 14.8 Å². The molecule has 0 saturated carbocycles. The quantitative estimate of drug-likeness (QED) is 0.412. The number of para-hydroxylation sites is 1. The lowest BCUT2D eigenvalue weighted by Gasteiger charge is -2.24. The zero-order valence-corrected chi connectivity index (χ0v) is 20.2. The van der Waals surface area contributed by atoms with E-state index >= 15 is 0 Å². The maximum Gasteiger partial charge on any atom is 0.410 e. The third-order valence-corrected chi connectivity index (χ3v) is 5.37. The van der Waals surface area contributed by atoms with Gasteiger partial charge < -0.3 is 25.0 Å². The summed E-state index contributed by atoms with van der Waals surface area (Å²) in [5.74, 6) is 2.06. The number of nitrogens with zero attached hydrogens (tertiary/aromatic N) is 3. The molecule has 2 N–H and O–H groups in total. The molecule has 8 nitrogen and oxygen atoms in total. The van der Waals surface area contributed by atoms with Gasteiger partial charge in [-0.3, -0.25) is 0 Å². The number of likely N-dealkylation sites (tertiary alicyclic amines) is 1. The van der Waals surface area contributed by atoms with Crippen LogP contribution in [-0.4, -0.2) is 45.7 Å². The standard InChI is InChI=1S/C25H28ClN5O3/c1-25(2,3)34-24(32)31-14-13-18(15-31)30-23-21(22(26)27-16-28-23)29-17-9-11-20(12-10-17)33-19-7-5-4-6-8-19/h4-12,16,18,29H,13-15H2,1-3H3,(H,27,28,30)/t18-/m1/s1. The zero-order chi connectivity index (χ0) is 24.1. The van der Waals surface area contributed by atoms with Crippen LogP contribution in [0.1, 0.15) is 27.2 Å². The van der Waals surface area contributed by atoms with Crippen LogP contribution in [0.5, 0.6) is 11.5 Å². The van der Waals surface area contributed by atoms with Gasteiger partial charge in [0.1, 0.15) is 29.1 Å². The molecule has 0 unspecified atom stereocenters. The minimum absolute atomic E-state index is 0.0145. The van der Waals surface area contributed by atoms with E-state index in [1.165, 1.54) is 6.33 Å². The molecule has 1 aliphatic rings. The van der Waals surface area contributed by atoms with Crippen LogP contribution >= 0.6 is 11.6 Å². The minimum atomic E-state index is -0.526. The number of nitrogens with one attached hydrogen (secondary N) is 2. The van der Waals surface area contributed by atoms with Gasteiger partial charge >= 0.3 is 6.09 Å². The fourth-order valence-electron chi connectivity index (χ4n) is 3.52. The number of rotatable bonds is 6. The molecule has 2 aromatic carbocycles. The number of hydrogen-bond acceptors (Lipinski definition) is 7. The Morgan fingerprint density at radius 2 is 1.76 bits per heavy atom. The molecule has 0 bridgehead atoms. The first kappa shape index (κ1) is 23.6. The molecule has 1 atom stereocenters. The highest BCUT2D eigenvalue weighted by Gasteiger charge is 2.30. The fourth-order valence-corrected chi connectivity index (χ4v) is 3.70. The molecule has 2 heterocycles. The van der Waals surface area contributed by atoms with E-state index in [-0.39, 0.29) is 12.1 Å². The van der Waals surface area contributed by atoms with Crippen LogP contribution in [0.4, 0.5) is 22.0 Å². The lowest BCUT2D eigenvalue weighted by atomic mass is 10.2. The molecule has 9 heteroatoms. The van der Waals surface area contributed by atoms with Gasteiger partial charge in [-0.05, 0) is 63.6 Å². The Morgan fingerprint density at radius 3 is 2.47 bits per heavy atom. The third-order valence-electron chi connectivity index (χ3n) is 5.08. The maximum absolute atomic E-state index is 12.4. The number of benzene rings is 2. The molecule has 34 heavy (non-hydrogen) atoms. The van der Waals surface area contributed by atoms with Crippen LogP contribution in [0.3, 0.4) is 0 Å². The SMILES string of the molecule is CC(C)(C)OC(=O)N1CC[C@@H](Nc2ncnc(Cl)c2Nc2ccc(Oc3ccccc3)cc2)C1. The summed E-state index contributed by atoms with van der Waals surface area (Å²) in [6.07, 6.45) is 1.87. The van der Waals surface area contributed by atoms with Crippen molar-refractivity contribution in [1.29, 1.82) is 0 Å². The molecule has 178 valence electrons. The van der Waals surface area contributed by atoms with Crippen LogP contribution in [-0.2, 0) is 4.74 Å². The average molecular weight is 482 g/mol. The van der Waals surface area contributed by atoms with E-state index < -0.39 is 5.60 Å². The summed E-state index contributed by atoms with van der Waals surface area (Å²) in [4.78, 5) is 22.6. The first-order valence-corrected chi connectivity index (χ1v) is 11.5. The summed E-state index contributed by atoms with van der Waals surface area (Å²) < 4.78 is 11.3. The number of anilines is 3. The lowest BCUT2D eigenvalue weighted by molar-refractivity contribution is 0.0293. The summed E-state index contributed by atoms with van der Waals surface area (Å²) in [5.41, 5.74) is 0.847. The van der Waals surface area contributed by atoms with Crippen LogP contribution in [0.2, 0.25) is 5.15 Å². The Balaban J connectivity index is 1.41. The Kier molecular flexibility index (Phi) is 7.07. The van der Waals surface area contributed by atoms with Crippen LogP contribution < -0.4 is 15.4 Å². The van der Waals surface area contributed by atoms with Crippen molar-refractivity contribution in [3.05, 3.63) is 66.1 Å². The fraction of sp³-hybridized carbons (Fsp3) is 0.320. The van der Waals surface area contributed by atoms with E-state index in [0.717, 1.165) is 23.6 Å². The topological polar surface area (TPSA) is 88.6 Å². The first-order valence-electron chi connectivity index (χ1n) is 11.1. The summed E-state index contributed by atoms with van der Waals surface area (Å²) in [7, 11) is 0. The van der Waals surface area contributed by atoms with Gasteiger partial charge in [0.25, 0.3) is 0 Å². The van der Waals surface area contributed by atoms with Gasteiger partial charge in [0.15, 0.2) is 11.0 Å². The summed E-state index contributed by atoms with van der Waals surface area (Å²) in [6.45, 7) is 6.70. The molecular weight excluding hydrogens is 454 g/mol. The van der Waals surface area contributed by atoms with E-state index in [1.54, 1.807) is 4.90 Å². The number of ether oxygens (including phenoxy) is 2. The molecule has 0 aliphatic carbocycles. The summed E-state index contributed by atoms with van der Waals surface area (Å²) in [5, 5.41) is 6.98. The highest BCUT2D eigenvalue weighted by Crippen LogP contribution is 2.32. The molecule has 1 fully saturated rings. The number of carbonyl (C=O) groups excluding carboxylic acids is 1. The second kappa shape index (κ2) is 10.2. The van der Waals surface area contributed by atoms with Crippen molar-refractivity contribution in [2.24, 2.45) is 0 Å². The highest BCUT2D eigenvalue weighted by molar-refractivity contribution is 6.32. The number of hydrogen-bond donors (Lipinski definition) is 2. The predicted molar refractivity (Wildman–Crippen MR) is 133 cm³/mol. The van der Waals surface area contributed by atoms with Gasteiger partial charge in [0.05, 0.1) is 0 Å². The maximum atomic E-state index is 12.4. The highest BCUT2D eigenvalue weighted by atomic mass is 35.5. The average Bonchev–Trinajstić information content (AvgIpc) is 3.26. The normalized spacial score (nSPS) is 15.6. The summed E-state index contributed by atoms with van der Waals surface area (Å²) >= 11 is 6.39. The molecule has 0 spiro atoms. The Morgan fingerprint density at radius 1 is 1.06 bits per heavy atom. The van der Waals surface area contributed by atoms with Crippen LogP contribution in [0.15, 0.2) is 60.9 Å². The second-order valence-electron chi connectivity index (χ2n) is 9.01. The van der Waals surface area contributed by atoms with E-state index in [1.807, 2.05) is 75.4 Å². The van der Waals surface area contributed by atoms with Crippen molar-refractivity contribution in [3.8, 4) is 11.5 Å².